The summed E-state index contributed by atoms with van der Waals surface area (Å²) in [5.41, 5.74) is 1.07. The Labute approximate surface area is 122 Å². The average molecular weight is 341 g/mol. The maximum atomic E-state index is 13.1. The molecule has 0 aliphatic heterocycles. The first kappa shape index (κ1) is 14.1. The molecule has 0 saturated carbocycles. The van der Waals surface area contributed by atoms with E-state index in [0.29, 0.717) is 10.6 Å². The molecule has 0 fully saturated rings. The number of carboxylic acids is 1. The van der Waals surface area contributed by atoms with E-state index in [2.05, 4.69) is 15.9 Å². The number of halogens is 2. The van der Waals surface area contributed by atoms with E-state index < -0.39 is 5.97 Å². The van der Waals surface area contributed by atoms with Crippen molar-refractivity contribution in [2.24, 2.45) is 0 Å². The first-order chi connectivity index (χ1) is 9.06. The molecule has 0 spiro atoms. The van der Waals surface area contributed by atoms with Crippen LogP contribution in [0.3, 0.4) is 0 Å². The van der Waals surface area contributed by atoms with Crippen molar-refractivity contribution < 1.29 is 14.3 Å². The van der Waals surface area contributed by atoms with E-state index in [9.17, 15) is 9.18 Å². The molecule has 0 bridgehead atoms. The zero-order valence-electron chi connectivity index (χ0n) is 9.77. The fourth-order valence-electron chi connectivity index (χ4n) is 1.58. The van der Waals surface area contributed by atoms with Crippen LogP contribution in [-0.4, -0.2) is 11.1 Å². The van der Waals surface area contributed by atoms with Crippen LogP contribution in [0.25, 0.3) is 0 Å². The van der Waals surface area contributed by atoms with Crippen LogP contribution in [0.2, 0.25) is 0 Å². The van der Waals surface area contributed by atoms with Gasteiger partial charge < -0.3 is 5.11 Å². The Balaban J connectivity index is 2.19. The largest absolute Gasteiger partial charge is 0.478 e. The van der Waals surface area contributed by atoms with Gasteiger partial charge in [0.05, 0.1) is 5.56 Å². The molecule has 2 rings (SSSR count). The SMILES string of the molecule is O=C(O)c1ccc(Br)cc1SCc1cccc(F)c1. The molecular formula is C14H10BrFO2S. The van der Waals surface area contributed by atoms with Crippen molar-refractivity contribution in [1.82, 2.24) is 0 Å². The highest BCUT2D eigenvalue weighted by atomic mass is 79.9. The van der Waals surface area contributed by atoms with Crippen LogP contribution in [0, 0.1) is 5.82 Å². The molecule has 0 unspecified atom stereocenters. The molecule has 0 atom stereocenters. The molecule has 98 valence electrons. The molecule has 0 radical (unpaired) electrons. The van der Waals surface area contributed by atoms with Gasteiger partial charge in [0.1, 0.15) is 5.82 Å². The second-order valence-electron chi connectivity index (χ2n) is 3.86. The Morgan fingerprint density at radius 1 is 1.26 bits per heavy atom. The lowest BCUT2D eigenvalue weighted by Crippen LogP contribution is -1.98. The molecule has 0 aliphatic carbocycles. The highest BCUT2D eigenvalue weighted by Crippen LogP contribution is 2.29. The Morgan fingerprint density at radius 3 is 2.74 bits per heavy atom. The van der Waals surface area contributed by atoms with Crippen LogP contribution < -0.4 is 0 Å². The molecule has 2 aromatic carbocycles. The summed E-state index contributed by atoms with van der Waals surface area (Å²) in [7, 11) is 0. The first-order valence-corrected chi connectivity index (χ1v) is 7.24. The predicted molar refractivity (Wildman–Crippen MR) is 77.1 cm³/mol. The van der Waals surface area contributed by atoms with Crippen molar-refractivity contribution in [1.29, 1.82) is 0 Å². The highest BCUT2D eigenvalue weighted by Gasteiger charge is 2.11. The minimum Gasteiger partial charge on any atom is -0.478 e. The van der Waals surface area contributed by atoms with Crippen LogP contribution in [0.1, 0.15) is 15.9 Å². The molecule has 0 amide bonds. The maximum Gasteiger partial charge on any atom is 0.336 e. The molecule has 1 N–H and O–H groups in total. The Morgan fingerprint density at radius 2 is 2.05 bits per heavy atom. The Kier molecular flexibility index (Phi) is 4.61. The van der Waals surface area contributed by atoms with Gasteiger partial charge in [0, 0.05) is 15.1 Å². The summed E-state index contributed by atoms with van der Waals surface area (Å²) in [6.07, 6.45) is 0. The lowest BCUT2D eigenvalue weighted by Gasteiger charge is -2.07. The fraction of sp³-hybridized carbons (Fsp3) is 0.0714. The van der Waals surface area contributed by atoms with Crippen LogP contribution in [0.15, 0.2) is 51.8 Å². The zero-order valence-corrected chi connectivity index (χ0v) is 12.2. The summed E-state index contributed by atoms with van der Waals surface area (Å²) >= 11 is 4.69. The summed E-state index contributed by atoms with van der Waals surface area (Å²) < 4.78 is 13.9. The summed E-state index contributed by atoms with van der Waals surface area (Å²) in [5, 5.41) is 9.11. The van der Waals surface area contributed by atoms with Crippen LogP contribution in [0.4, 0.5) is 4.39 Å². The number of hydrogen-bond acceptors (Lipinski definition) is 2. The maximum absolute atomic E-state index is 13.1. The van der Waals surface area contributed by atoms with Crippen LogP contribution in [0.5, 0.6) is 0 Å². The van der Waals surface area contributed by atoms with Gasteiger partial charge in [-0.1, -0.05) is 28.1 Å². The zero-order chi connectivity index (χ0) is 13.8. The van der Waals surface area contributed by atoms with Gasteiger partial charge in [0.2, 0.25) is 0 Å². The van der Waals surface area contributed by atoms with Gasteiger partial charge in [-0.3, -0.25) is 0 Å². The van der Waals surface area contributed by atoms with E-state index in [1.54, 1.807) is 24.3 Å². The van der Waals surface area contributed by atoms with E-state index in [0.717, 1.165) is 10.0 Å². The lowest BCUT2D eigenvalue weighted by atomic mass is 10.2. The van der Waals surface area contributed by atoms with Crippen molar-refractivity contribution in [2.45, 2.75) is 10.6 Å². The Hall–Kier alpha value is -1.33. The normalized spacial score (nSPS) is 10.4. The minimum atomic E-state index is -0.964. The first-order valence-electron chi connectivity index (χ1n) is 5.46. The minimum absolute atomic E-state index is 0.254. The van der Waals surface area contributed by atoms with Gasteiger partial charge in [-0.05, 0) is 35.9 Å². The van der Waals surface area contributed by atoms with Gasteiger partial charge in [-0.25, -0.2) is 9.18 Å². The number of carboxylic acid groups (broad SMARTS) is 1. The van der Waals surface area contributed by atoms with Crippen molar-refractivity contribution in [3.63, 3.8) is 0 Å². The molecule has 0 aromatic heterocycles. The van der Waals surface area contributed by atoms with Gasteiger partial charge in [0.15, 0.2) is 0 Å². The smallest absolute Gasteiger partial charge is 0.336 e. The van der Waals surface area contributed by atoms with Gasteiger partial charge in [-0.2, -0.15) is 0 Å². The number of hydrogen-bond donors (Lipinski definition) is 1. The molecule has 0 heterocycles. The fourth-order valence-corrected chi connectivity index (χ4v) is 3.12. The van der Waals surface area contributed by atoms with Crippen LogP contribution in [-0.2, 0) is 5.75 Å². The molecule has 0 aliphatic rings. The summed E-state index contributed by atoms with van der Waals surface area (Å²) in [5.74, 6) is -0.728. The van der Waals surface area contributed by atoms with E-state index in [4.69, 9.17) is 5.11 Å². The van der Waals surface area contributed by atoms with E-state index in [-0.39, 0.29) is 11.4 Å². The van der Waals surface area contributed by atoms with E-state index in [1.807, 2.05) is 6.07 Å². The van der Waals surface area contributed by atoms with Gasteiger partial charge in [-0.15, -0.1) is 11.8 Å². The monoisotopic (exact) mass is 340 g/mol. The predicted octanol–water partition coefficient (Wildman–Crippen LogP) is 4.58. The third-order valence-corrected chi connectivity index (χ3v) is 4.08. The number of carbonyl (C=O) groups is 1. The third-order valence-electron chi connectivity index (χ3n) is 2.46. The second kappa shape index (κ2) is 6.21. The van der Waals surface area contributed by atoms with Crippen molar-refractivity contribution >= 4 is 33.7 Å². The molecular weight excluding hydrogens is 331 g/mol. The van der Waals surface area contributed by atoms with Crippen molar-refractivity contribution in [3.8, 4) is 0 Å². The average Bonchev–Trinajstić information content (AvgIpc) is 2.36. The van der Waals surface area contributed by atoms with Crippen LogP contribution >= 0.6 is 27.7 Å². The van der Waals surface area contributed by atoms with Gasteiger partial charge in [0.25, 0.3) is 0 Å². The molecule has 2 aromatic rings. The molecule has 5 heteroatoms. The van der Waals surface area contributed by atoms with E-state index in [1.165, 1.54) is 23.9 Å². The summed E-state index contributed by atoms with van der Waals surface area (Å²) in [6.45, 7) is 0. The molecule has 19 heavy (non-hydrogen) atoms. The van der Waals surface area contributed by atoms with E-state index >= 15 is 0 Å². The lowest BCUT2D eigenvalue weighted by molar-refractivity contribution is 0.0693. The number of rotatable bonds is 4. The Bertz CT molecular complexity index is 616. The topological polar surface area (TPSA) is 37.3 Å². The van der Waals surface area contributed by atoms with Gasteiger partial charge >= 0.3 is 5.97 Å². The van der Waals surface area contributed by atoms with Crippen molar-refractivity contribution in [3.05, 3.63) is 63.9 Å². The quantitative estimate of drug-likeness (QED) is 0.827. The summed E-state index contributed by atoms with van der Waals surface area (Å²) in [6, 6.07) is 11.3. The third kappa shape index (κ3) is 3.81. The number of thioether (sulfide) groups is 1. The summed E-state index contributed by atoms with van der Waals surface area (Å²) in [4.78, 5) is 11.8. The van der Waals surface area contributed by atoms with Crippen molar-refractivity contribution in [2.75, 3.05) is 0 Å². The second-order valence-corrected chi connectivity index (χ2v) is 5.80. The number of benzene rings is 2. The molecule has 0 saturated heterocycles. The highest BCUT2D eigenvalue weighted by molar-refractivity contribution is 9.10. The molecule has 2 nitrogen and oxygen atoms in total. The number of aromatic carboxylic acids is 1. The standard InChI is InChI=1S/C14H10BrFO2S/c15-10-4-5-12(14(17)18)13(7-10)19-8-9-2-1-3-11(16)6-9/h1-7H,8H2,(H,17,18).